The van der Waals surface area contributed by atoms with Gasteiger partial charge in [-0.2, -0.15) is 5.26 Å². The molecular formula is C26H26FN3O3S. The van der Waals surface area contributed by atoms with Crippen molar-refractivity contribution in [1.82, 2.24) is 9.88 Å². The third-order valence-electron chi connectivity index (χ3n) is 5.86. The van der Waals surface area contributed by atoms with Crippen LogP contribution in [0.2, 0.25) is 0 Å². The van der Waals surface area contributed by atoms with Crippen molar-refractivity contribution in [3.05, 3.63) is 64.6 Å². The van der Waals surface area contributed by atoms with E-state index in [-0.39, 0.29) is 5.82 Å². The van der Waals surface area contributed by atoms with Gasteiger partial charge < -0.3 is 19.1 Å². The van der Waals surface area contributed by atoms with Gasteiger partial charge in [0.1, 0.15) is 16.9 Å². The van der Waals surface area contributed by atoms with Crippen LogP contribution < -0.4 is 14.2 Å². The van der Waals surface area contributed by atoms with E-state index in [4.69, 9.17) is 19.2 Å². The lowest BCUT2D eigenvalue weighted by Crippen LogP contribution is -2.28. The third-order valence-corrected chi connectivity index (χ3v) is 6.91. The third kappa shape index (κ3) is 4.67. The Morgan fingerprint density at radius 2 is 1.76 bits per heavy atom. The smallest absolute Gasteiger partial charge is 0.203 e. The van der Waals surface area contributed by atoms with Crippen LogP contribution in [-0.4, -0.2) is 44.8 Å². The monoisotopic (exact) mass is 479 g/mol. The molecule has 0 atom stereocenters. The van der Waals surface area contributed by atoms with Crippen molar-refractivity contribution in [2.75, 3.05) is 34.9 Å². The Labute approximate surface area is 203 Å². The Hall–Kier alpha value is -3.28. The molecule has 0 bridgehead atoms. The molecule has 1 aromatic heterocycles. The van der Waals surface area contributed by atoms with Crippen molar-refractivity contribution < 1.29 is 18.6 Å². The summed E-state index contributed by atoms with van der Waals surface area (Å²) in [4.78, 5) is 7.13. The molecule has 3 aromatic rings. The summed E-state index contributed by atoms with van der Waals surface area (Å²) in [6, 6.07) is 12.5. The molecule has 0 amide bonds. The van der Waals surface area contributed by atoms with E-state index in [1.165, 1.54) is 23.9 Å². The number of methoxy groups -OCH3 is 3. The molecule has 8 heteroatoms. The molecular weight excluding hydrogens is 453 g/mol. The molecule has 0 fully saturated rings. The second kappa shape index (κ2) is 10.3. The summed E-state index contributed by atoms with van der Waals surface area (Å²) in [6.07, 6.45) is 0.791. The van der Waals surface area contributed by atoms with Gasteiger partial charge in [0, 0.05) is 36.5 Å². The van der Waals surface area contributed by atoms with Crippen molar-refractivity contribution in [3.63, 3.8) is 0 Å². The van der Waals surface area contributed by atoms with E-state index in [0.29, 0.717) is 40.1 Å². The molecule has 176 valence electrons. The molecule has 1 aliphatic rings. The summed E-state index contributed by atoms with van der Waals surface area (Å²) >= 11 is 1.48. The summed E-state index contributed by atoms with van der Waals surface area (Å²) < 4.78 is 30.0. The summed E-state index contributed by atoms with van der Waals surface area (Å²) in [6.45, 7) is 1.58. The van der Waals surface area contributed by atoms with Gasteiger partial charge in [0.05, 0.1) is 26.9 Å². The van der Waals surface area contributed by atoms with Crippen LogP contribution in [0.4, 0.5) is 4.39 Å². The van der Waals surface area contributed by atoms with Gasteiger partial charge in [0.25, 0.3) is 0 Å². The molecule has 4 rings (SSSR count). The first-order chi connectivity index (χ1) is 16.5. The maximum Gasteiger partial charge on any atom is 0.203 e. The van der Waals surface area contributed by atoms with E-state index < -0.39 is 0 Å². The highest BCUT2D eigenvalue weighted by Gasteiger charge is 2.27. The molecule has 6 nitrogen and oxygen atoms in total. The summed E-state index contributed by atoms with van der Waals surface area (Å²) in [5.41, 5.74) is 5.14. The number of halogens is 1. The minimum absolute atomic E-state index is 0.271. The highest BCUT2D eigenvalue weighted by molar-refractivity contribution is 7.98. The highest BCUT2D eigenvalue weighted by atomic mass is 32.2. The van der Waals surface area contributed by atoms with Gasteiger partial charge in [0.2, 0.25) is 5.75 Å². The number of aromatic nitrogens is 1. The van der Waals surface area contributed by atoms with Gasteiger partial charge >= 0.3 is 0 Å². The van der Waals surface area contributed by atoms with Crippen LogP contribution >= 0.6 is 11.8 Å². The molecule has 2 aromatic carbocycles. The fraction of sp³-hybridized carbons (Fsp3) is 0.308. The number of hydrogen-bond donors (Lipinski definition) is 0. The van der Waals surface area contributed by atoms with E-state index in [9.17, 15) is 9.65 Å². The first-order valence-electron chi connectivity index (χ1n) is 10.8. The predicted octanol–water partition coefficient (Wildman–Crippen LogP) is 5.07. The van der Waals surface area contributed by atoms with Gasteiger partial charge in [0.15, 0.2) is 11.5 Å². The van der Waals surface area contributed by atoms with Gasteiger partial charge in [-0.15, -0.1) is 11.8 Å². The number of hydrogen-bond acceptors (Lipinski definition) is 7. The second-order valence-electron chi connectivity index (χ2n) is 8.02. The van der Waals surface area contributed by atoms with Crippen LogP contribution in [0.15, 0.2) is 41.4 Å². The predicted molar refractivity (Wildman–Crippen MR) is 130 cm³/mol. The van der Waals surface area contributed by atoms with Gasteiger partial charge in [-0.25, -0.2) is 9.37 Å². The Morgan fingerprint density at radius 3 is 2.35 bits per heavy atom. The number of nitrogens with zero attached hydrogens (tertiary/aromatic N) is 3. The number of pyridine rings is 1. The van der Waals surface area contributed by atoms with Gasteiger partial charge in [-0.05, 0) is 48.0 Å². The average Bonchev–Trinajstić information content (AvgIpc) is 2.86. The van der Waals surface area contributed by atoms with Crippen LogP contribution in [-0.2, 0) is 18.7 Å². The van der Waals surface area contributed by atoms with Crippen LogP contribution in [0, 0.1) is 17.1 Å². The molecule has 0 saturated heterocycles. The summed E-state index contributed by atoms with van der Waals surface area (Å²) in [5, 5.41) is 10.9. The highest BCUT2D eigenvalue weighted by Crippen LogP contribution is 2.45. The Bertz CT molecular complexity index is 1220. The molecule has 34 heavy (non-hydrogen) atoms. The van der Waals surface area contributed by atoms with E-state index in [0.717, 1.165) is 40.9 Å². The maximum atomic E-state index is 13.3. The summed E-state index contributed by atoms with van der Waals surface area (Å²) in [7, 11) is 6.78. The number of fused-ring (bicyclic) bond motifs is 1. The zero-order chi connectivity index (χ0) is 24.2. The largest absolute Gasteiger partial charge is 0.493 e. The molecule has 1 aliphatic heterocycles. The van der Waals surface area contributed by atoms with Crippen LogP contribution in [0.25, 0.3) is 11.1 Å². The number of thioether (sulfide) groups is 1. The van der Waals surface area contributed by atoms with Gasteiger partial charge in [-0.1, -0.05) is 12.1 Å². The second-order valence-corrected chi connectivity index (χ2v) is 8.98. The molecule has 0 aliphatic carbocycles. The average molecular weight is 480 g/mol. The van der Waals surface area contributed by atoms with Crippen LogP contribution in [0.3, 0.4) is 0 Å². The minimum Gasteiger partial charge on any atom is -0.493 e. The van der Waals surface area contributed by atoms with Crippen molar-refractivity contribution in [1.29, 1.82) is 5.26 Å². The first-order valence-corrected chi connectivity index (χ1v) is 11.8. The normalized spacial score (nSPS) is 13.2. The standard InChI is InChI=1S/C26H26FN3O3S/c1-30-10-9-21-20(14-30)24(17-11-22(31-2)25(33-4)23(12-17)32-3)19(13-28)26(29-21)34-15-16-5-7-18(27)8-6-16/h5-8,11-12H,9-10,14-15H2,1-4H3. The van der Waals surface area contributed by atoms with E-state index in [1.54, 1.807) is 33.5 Å². The molecule has 0 N–H and O–H groups in total. The zero-order valence-electron chi connectivity index (χ0n) is 19.6. The maximum absolute atomic E-state index is 13.3. The molecule has 2 heterocycles. The lowest BCUT2D eigenvalue weighted by atomic mass is 9.91. The molecule has 0 unspecified atom stereocenters. The fourth-order valence-corrected chi connectivity index (χ4v) is 5.12. The van der Waals surface area contributed by atoms with Crippen LogP contribution in [0.5, 0.6) is 17.2 Å². The fourth-order valence-electron chi connectivity index (χ4n) is 4.16. The van der Waals surface area contributed by atoms with E-state index >= 15 is 0 Å². The van der Waals surface area contributed by atoms with Gasteiger partial charge in [-0.3, -0.25) is 0 Å². The SMILES string of the molecule is COc1cc(-c2c(C#N)c(SCc3ccc(F)cc3)nc3c2CN(C)CC3)cc(OC)c1OC. The first kappa shape index (κ1) is 23.9. The number of benzene rings is 2. The quantitative estimate of drug-likeness (QED) is 0.439. The Kier molecular flexibility index (Phi) is 7.25. The lowest BCUT2D eigenvalue weighted by Gasteiger charge is -2.28. The Morgan fingerprint density at radius 1 is 1.09 bits per heavy atom. The van der Waals surface area contributed by atoms with Crippen molar-refractivity contribution in [3.8, 4) is 34.4 Å². The minimum atomic E-state index is -0.271. The van der Waals surface area contributed by atoms with E-state index in [2.05, 4.69) is 18.0 Å². The number of nitriles is 1. The molecule has 0 spiro atoms. The lowest BCUT2D eigenvalue weighted by molar-refractivity contribution is 0.309. The number of likely N-dealkylation sites (N-methyl/N-ethyl adjacent to an activating group) is 1. The zero-order valence-corrected chi connectivity index (χ0v) is 20.5. The number of rotatable bonds is 7. The van der Waals surface area contributed by atoms with Crippen molar-refractivity contribution in [2.45, 2.75) is 23.7 Å². The van der Waals surface area contributed by atoms with Crippen molar-refractivity contribution in [2.24, 2.45) is 0 Å². The Balaban J connectivity index is 1.88. The molecule has 0 saturated carbocycles. The van der Waals surface area contributed by atoms with E-state index in [1.807, 2.05) is 12.1 Å². The van der Waals surface area contributed by atoms with Crippen molar-refractivity contribution >= 4 is 11.8 Å². The van der Waals surface area contributed by atoms with Crippen LogP contribution in [0.1, 0.15) is 22.4 Å². The summed E-state index contributed by atoms with van der Waals surface area (Å²) in [5.74, 6) is 1.85. The topological polar surface area (TPSA) is 67.6 Å². The molecule has 0 radical (unpaired) electrons. The number of ether oxygens (including phenoxy) is 3.